The van der Waals surface area contributed by atoms with E-state index in [0.717, 1.165) is 6.42 Å². The van der Waals surface area contributed by atoms with E-state index in [-0.39, 0.29) is 0 Å². The van der Waals surface area contributed by atoms with E-state index in [2.05, 4.69) is 12.2 Å². The Morgan fingerprint density at radius 2 is 2.36 bits per heavy atom. The second kappa shape index (κ2) is 4.73. The highest BCUT2D eigenvalue weighted by Gasteiger charge is 2.14. The van der Waals surface area contributed by atoms with E-state index in [0.29, 0.717) is 12.1 Å². The zero-order valence-corrected chi connectivity index (χ0v) is 7.60. The standard InChI is InChI=1S/C9H19NO/c1-8(11-2)7-9-5-3-4-6-10-9/h8-10H,3-7H2,1-2H3. The normalized spacial score (nSPS) is 28.4. The number of piperidine rings is 1. The average molecular weight is 157 g/mol. The van der Waals surface area contributed by atoms with Crippen LogP contribution < -0.4 is 5.32 Å². The van der Waals surface area contributed by atoms with Crippen LogP contribution in [-0.2, 0) is 4.74 Å². The van der Waals surface area contributed by atoms with Crippen LogP contribution in [0.4, 0.5) is 0 Å². The molecule has 1 aliphatic heterocycles. The zero-order chi connectivity index (χ0) is 8.10. The predicted octanol–water partition coefficient (Wildman–Crippen LogP) is 1.55. The molecule has 1 N–H and O–H groups in total. The first kappa shape index (κ1) is 9.01. The van der Waals surface area contributed by atoms with Crippen LogP contribution >= 0.6 is 0 Å². The lowest BCUT2D eigenvalue weighted by atomic mass is 10.00. The Morgan fingerprint density at radius 1 is 1.55 bits per heavy atom. The maximum atomic E-state index is 5.21. The third-order valence-electron chi connectivity index (χ3n) is 2.43. The third-order valence-corrected chi connectivity index (χ3v) is 2.43. The van der Waals surface area contributed by atoms with Crippen LogP contribution in [0.1, 0.15) is 32.6 Å². The first-order valence-corrected chi connectivity index (χ1v) is 4.59. The summed E-state index contributed by atoms with van der Waals surface area (Å²) in [5.41, 5.74) is 0. The van der Waals surface area contributed by atoms with Gasteiger partial charge in [-0.25, -0.2) is 0 Å². The van der Waals surface area contributed by atoms with Gasteiger partial charge in [0, 0.05) is 13.2 Å². The Bertz CT molecular complexity index is 99.7. The molecule has 11 heavy (non-hydrogen) atoms. The maximum Gasteiger partial charge on any atom is 0.0558 e. The number of ether oxygens (including phenoxy) is 1. The quantitative estimate of drug-likeness (QED) is 0.671. The van der Waals surface area contributed by atoms with Crippen LogP contribution in [0, 0.1) is 0 Å². The number of hydrogen-bond donors (Lipinski definition) is 1. The van der Waals surface area contributed by atoms with E-state index in [9.17, 15) is 0 Å². The SMILES string of the molecule is COC(C)CC1CCCCN1. The zero-order valence-electron chi connectivity index (χ0n) is 7.60. The fourth-order valence-electron chi connectivity index (χ4n) is 1.62. The van der Waals surface area contributed by atoms with Crippen molar-refractivity contribution >= 4 is 0 Å². The van der Waals surface area contributed by atoms with Crippen molar-refractivity contribution in [3.8, 4) is 0 Å². The molecule has 1 fully saturated rings. The Morgan fingerprint density at radius 3 is 2.91 bits per heavy atom. The number of nitrogens with one attached hydrogen (secondary N) is 1. The van der Waals surface area contributed by atoms with Gasteiger partial charge in [0.15, 0.2) is 0 Å². The first-order valence-electron chi connectivity index (χ1n) is 4.59. The van der Waals surface area contributed by atoms with Gasteiger partial charge in [-0.1, -0.05) is 6.42 Å². The maximum absolute atomic E-state index is 5.21. The van der Waals surface area contributed by atoms with Crippen LogP contribution in [0.2, 0.25) is 0 Å². The fraction of sp³-hybridized carbons (Fsp3) is 1.00. The summed E-state index contributed by atoms with van der Waals surface area (Å²) in [6, 6.07) is 0.707. The van der Waals surface area contributed by atoms with Crippen molar-refractivity contribution in [3.05, 3.63) is 0 Å². The highest BCUT2D eigenvalue weighted by Crippen LogP contribution is 2.12. The van der Waals surface area contributed by atoms with E-state index in [4.69, 9.17) is 4.74 Å². The summed E-state index contributed by atoms with van der Waals surface area (Å²) in [4.78, 5) is 0. The van der Waals surface area contributed by atoms with E-state index >= 15 is 0 Å². The van der Waals surface area contributed by atoms with Crippen LogP contribution in [0.3, 0.4) is 0 Å². The minimum Gasteiger partial charge on any atom is -0.382 e. The fourth-order valence-corrected chi connectivity index (χ4v) is 1.62. The smallest absolute Gasteiger partial charge is 0.0558 e. The van der Waals surface area contributed by atoms with Crippen molar-refractivity contribution in [1.82, 2.24) is 5.32 Å². The summed E-state index contributed by atoms with van der Waals surface area (Å²) in [7, 11) is 1.79. The molecule has 1 aliphatic rings. The van der Waals surface area contributed by atoms with Crippen LogP contribution in [0.5, 0.6) is 0 Å². The van der Waals surface area contributed by atoms with E-state index in [1.165, 1.54) is 25.8 Å². The van der Waals surface area contributed by atoms with Crippen LogP contribution in [0.15, 0.2) is 0 Å². The Kier molecular flexibility index (Phi) is 3.87. The van der Waals surface area contributed by atoms with Gasteiger partial charge in [-0.2, -0.15) is 0 Å². The summed E-state index contributed by atoms with van der Waals surface area (Å²) in [6.45, 7) is 3.33. The summed E-state index contributed by atoms with van der Waals surface area (Å²) in [5, 5.41) is 3.50. The van der Waals surface area contributed by atoms with Crippen molar-refractivity contribution in [2.75, 3.05) is 13.7 Å². The largest absolute Gasteiger partial charge is 0.382 e. The Labute approximate surface area is 69.3 Å². The van der Waals surface area contributed by atoms with E-state index < -0.39 is 0 Å². The van der Waals surface area contributed by atoms with Crippen molar-refractivity contribution in [1.29, 1.82) is 0 Å². The molecule has 1 saturated heterocycles. The number of hydrogen-bond acceptors (Lipinski definition) is 2. The molecule has 0 aromatic carbocycles. The number of methoxy groups -OCH3 is 1. The van der Waals surface area contributed by atoms with Gasteiger partial charge >= 0.3 is 0 Å². The Hall–Kier alpha value is -0.0800. The molecule has 66 valence electrons. The summed E-state index contributed by atoms with van der Waals surface area (Å²) in [5.74, 6) is 0. The third kappa shape index (κ3) is 3.21. The lowest BCUT2D eigenvalue weighted by molar-refractivity contribution is 0.0968. The van der Waals surface area contributed by atoms with Crippen molar-refractivity contribution in [3.63, 3.8) is 0 Å². The van der Waals surface area contributed by atoms with Gasteiger partial charge in [0.1, 0.15) is 0 Å². The molecule has 0 spiro atoms. The van der Waals surface area contributed by atoms with Gasteiger partial charge < -0.3 is 10.1 Å². The molecule has 1 heterocycles. The molecule has 2 heteroatoms. The topological polar surface area (TPSA) is 21.3 Å². The molecule has 2 nitrogen and oxygen atoms in total. The van der Waals surface area contributed by atoms with Gasteiger partial charge in [0.25, 0.3) is 0 Å². The van der Waals surface area contributed by atoms with Crippen molar-refractivity contribution < 1.29 is 4.74 Å². The monoisotopic (exact) mass is 157 g/mol. The lowest BCUT2D eigenvalue weighted by Gasteiger charge is -2.25. The second-order valence-electron chi connectivity index (χ2n) is 3.43. The van der Waals surface area contributed by atoms with Gasteiger partial charge in [-0.15, -0.1) is 0 Å². The molecule has 2 unspecified atom stereocenters. The van der Waals surface area contributed by atoms with Gasteiger partial charge in [0.05, 0.1) is 6.10 Å². The Balaban J connectivity index is 2.13. The minimum atomic E-state index is 0.408. The molecule has 0 saturated carbocycles. The van der Waals surface area contributed by atoms with Gasteiger partial charge in [-0.05, 0) is 32.7 Å². The number of rotatable bonds is 3. The molecule has 0 aromatic rings. The van der Waals surface area contributed by atoms with E-state index in [1.807, 2.05) is 0 Å². The molecule has 1 rings (SSSR count). The molecule has 2 atom stereocenters. The molecule has 0 bridgehead atoms. The minimum absolute atomic E-state index is 0.408. The average Bonchev–Trinajstić information content (AvgIpc) is 2.06. The van der Waals surface area contributed by atoms with Gasteiger partial charge in [0.2, 0.25) is 0 Å². The molecule has 0 radical (unpaired) electrons. The lowest BCUT2D eigenvalue weighted by Crippen LogP contribution is -2.36. The molecular weight excluding hydrogens is 138 g/mol. The second-order valence-corrected chi connectivity index (χ2v) is 3.43. The van der Waals surface area contributed by atoms with Crippen molar-refractivity contribution in [2.45, 2.75) is 44.8 Å². The predicted molar refractivity (Wildman–Crippen MR) is 46.7 cm³/mol. The van der Waals surface area contributed by atoms with Crippen LogP contribution in [0.25, 0.3) is 0 Å². The molecule has 0 aromatic heterocycles. The molecule has 0 amide bonds. The highest BCUT2D eigenvalue weighted by atomic mass is 16.5. The summed E-state index contributed by atoms with van der Waals surface area (Å²) < 4.78 is 5.21. The van der Waals surface area contributed by atoms with Crippen LogP contribution in [-0.4, -0.2) is 25.8 Å². The first-order chi connectivity index (χ1) is 5.33. The summed E-state index contributed by atoms with van der Waals surface area (Å²) in [6.07, 6.45) is 5.63. The molecular formula is C9H19NO. The van der Waals surface area contributed by atoms with Crippen molar-refractivity contribution in [2.24, 2.45) is 0 Å². The highest BCUT2D eigenvalue weighted by molar-refractivity contribution is 4.74. The molecule has 0 aliphatic carbocycles. The summed E-state index contributed by atoms with van der Waals surface area (Å²) >= 11 is 0. The van der Waals surface area contributed by atoms with Gasteiger partial charge in [-0.3, -0.25) is 0 Å². The van der Waals surface area contributed by atoms with E-state index in [1.54, 1.807) is 7.11 Å².